The van der Waals surface area contributed by atoms with E-state index in [4.69, 9.17) is 0 Å². The molecule has 0 saturated heterocycles. The molecule has 0 unspecified atom stereocenters. The standard InChI is InChI=1S/C16H25NS/c1-3-13-4-8-15(9-5-13)18-16-10-6-14(7-11-16)12-17-2/h6-7,10-11,13,15,17H,3-5,8-9,12H2,1-2H3. The molecular weight excluding hydrogens is 238 g/mol. The summed E-state index contributed by atoms with van der Waals surface area (Å²) in [6.45, 7) is 3.30. The molecule has 1 aliphatic rings. The van der Waals surface area contributed by atoms with Gasteiger partial charge in [-0.05, 0) is 56.3 Å². The summed E-state index contributed by atoms with van der Waals surface area (Å²) < 4.78 is 0. The average molecular weight is 263 g/mol. The van der Waals surface area contributed by atoms with Gasteiger partial charge >= 0.3 is 0 Å². The summed E-state index contributed by atoms with van der Waals surface area (Å²) >= 11 is 2.08. The Kier molecular flexibility index (Phi) is 5.58. The maximum Gasteiger partial charge on any atom is 0.0202 e. The molecule has 1 N–H and O–H groups in total. The average Bonchev–Trinajstić information content (AvgIpc) is 2.42. The van der Waals surface area contributed by atoms with Gasteiger partial charge in [0.2, 0.25) is 0 Å². The highest BCUT2D eigenvalue weighted by molar-refractivity contribution is 8.00. The molecule has 2 rings (SSSR count). The highest BCUT2D eigenvalue weighted by Gasteiger charge is 2.20. The van der Waals surface area contributed by atoms with E-state index in [9.17, 15) is 0 Å². The molecule has 1 aromatic carbocycles. The summed E-state index contributed by atoms with van der Waals surface area (Å²) in [7, 11) is 1.99. The quantitative estimate of drug-likeness (QED) is 0.841. The molecule has 0 aromatic heterocycles. The normalized spacial score (nSPS) is 24.1. The summed E-state index contributed by atoms with van der Waals surface area (Å²) in [5.41, 5.74) is 1.37. The molecule has 1 aliphatic carbocycles. The largest absolute Gasteiger partial charge is 0.316 e. The summed E-state index contributed by atoms with van der Waals surface area (Å²) in [5, 5.41) is 4.04. The predicted octanol–water partition coefficient (Wildman–Crippen LogP) is 4.47. The zero-order valence-corrected chi connectivity index (χ0v) is 12.4. The smallest absolute Gasteiger partial charge is 0.0202 e. The molecule has 1 aromatic rings. The van der Waals surface area contributed by atoms with Crippen LogP contribution in [0.1, 0.15) is 44.6 Å². The highest BCUT2D eigenvalue weighted by atomic mass is 32.2. The van der Waals surface area contributed by atoms with Crippen molar-refractivity contribution in [3.05, 3.63) is 29.8 Å². The number of nitrogens with one attached hydrogen (secondary N) is 1. The number of hydrogen-bond donors (Lipinski definition) is 1. The van der Waals surface area contributed by atoms with Crippen molar-refractivity contribution in [1.82, 2.24) is 5.32 Å². The van der Waals surface area contributed by atoms with E-state index in [1.165, 1.54) is 42.6 Å². The molecule has 0 amide bonds. The molecule has 1 saturated carbocycles. The van der Waals surface area contributed by atoms with E-state index in [0.717, 1.165) is 17.7 Å². The van der Waals surface area contributed by atoms with E-state index >= 15 is 0 Å². The van der Waals surface area contributed by atoms with Gasteiger partial charge in [-0.1, -0.05) is 25.5 Å². The number of thioether (sulfide) groups is 1. The highest BCUT2D eigenvalue weighted by Crippen LogP contribution is 2.36. The van der Waals surface area contributed by atoms with E-state index < -0.39 is 0 Å². The second kappa shape index (κ2) is 7.20. The van der Waals surface area contributed by atoms with Crippen LogP contribution in [0.4, 0.5) is 0 Å². The van der Waals surface area contributed by atoms with Gasteiger partial charge in [0.25, 0.3) is 0 Å². The monoisotopic (exact) mass is 263 g/mol. The van der Waals surface area contributed by atoms with Crippen LogP contribution >= 0.6 is 11.8 Å². The molecule has 2 heteroatoms. The van der Waals surface area contributed by atoms with Gasteiger partial charge < -0.3 is 5.32 Å². The van der Waals surface area contributed by atoms with Crippen LogP contribution < -0.4 is 5.32 Å². The Bertz CT molecular complexity index is 339. The maximum atomic E-state index is 3.19. The van der Waals surface area contributed by atoms with Crippen molar-refractivity contribution >= 4 is 11.8 Å². The molecule has 0 bridgehead atoms. The second-order valence-electron chi connectivity index (χ2n) is 5.34. The Morgan fingerprint density at radius 1 is 1.11 bits per heavy atom. The van der Waals surface area contributed by atoms with Crippen LogP contribution in [-0.4, -0.2) is 12.3 Å². The first-order valence-electron chi connectivity index (χ1n) is 7.22. The summed E-state index contributed by atoms with van der Waals surface area (Å²) in [6.07, 6.45) is 7.05. The van der Waals surface area contributed by atoms with Crippen LogP contribution in [0.15, 0.2) is 29.2 Å². The van der Waals surface area contributed by atoms with Crippen LogP contribution in [-0.2, 0) is 6.54 Å². The zero-order valence-electron chi connectivity index (χ0n) is 11.6. The first-order valence-corrected chi connectivity index (χ1v) is 8.10. The van der Waals surface area contributed by atoms with Gasteiger partial charge in [0, 0.05) is 16.7 Å². The summed E-state index contributed by atoms with van der Waals surface area (Å²) in [4.78, 5) is 1.44. The van der Waals surface area contributed by atoms with Gasteiger partial charge in [0.15, 0.2) is 0 Å². The minimum absolute atomic E-state index is 0.850. The predicted molar refractivity (Wildman–Crippen MR) is 81.1 cm³/mol. The van der Waals surface area contributed by atoms with Crippen LogP contribution in [0.25, 0.3) is 0 Å². The minimum Gasteiger partial charge on any atom is -0.316 e. The minimum atomic E-state index is 0.850. The lowest BCUT2D eigenvalue weighted by molar-refractivity contribution is 0.356. The lowest BCUT2D eigenvalue weighted by Gasteiger charge is -2.27. The third-order valence-corrected chi connectivity index (χ3v) is 5.33. The van der Waals surface area contributed by atoms with Gasteiger partial charge in [-0.3, -0.25) is 0 Å². The summed E-state index contributed by atoms with van der Waals surface area (Å²) in [6, 6.07) is 9.06. The zero-order chi connectivity index (χ0) is 12.8. The van der Waals surface area contributed by atoms with E-state index in [0.29, 0.717) is 0 Å². The third-order valence-electron chi connectivity index (χ3n) is 3.98. The number of benzene rings is 1. The van der Waals surface area contributed by atoms with E-state index in [1.54, 1.807) is 0 Å². The fourth-order valence-corrected chi connectivity index (χ4v) is 3.93. The lowest BCUT2D eigenvalue weighted by atomic mass is 9.87. The lowest BCUT2D eigenvalue weighted by Crippen LogP contribution is -2.15. The third kappa shape index (κ3) is 4.03. The van der Waals surface area contributed by atoms with E-state index in [1.807, 2.05) is 7.05 Å². The molecule has 1 nitrogen and oxygen atoms in total. The SMILES string of the molecule is CCC1CCC(Sc2ccc(CNC)cc2)CC1. The van der Waals surface area contributed by atoms with Crippen molar-refractivity contribution in [2.24, 2.45) is 5.92 Å². The van der Waals surface area contributed by atoms with Crippen LogP contribution in [0.3, 0.4) is 0 Å². The Morgan fingerprint density at radius 2 is 1.78 bits per heavy atom. The Labute approximate surface area is 116 Å². The first kappa shape index (κ1) is 14.0. The van der Waals surface area contributed by atoms with Crippen molar-refractivity contribution in [2.45, 2.75) is 55.7 Å². The van der Waals surface area contributed by atoms with Crippen molar-refractivity contribution < 1.29 is 0 Å². The first-order chi connectivity index (χ1) is 8.81. The second-order valence-corrected chi connectivity index (χ2v) is 6.72. The van der Waals surface area contributed by atoms with Crippen molar-refractivity contribution in [3.63, 3.8) is 0 Å². The molecule has 0 radical (unpaired) electrons. The Morgan fingerprint density at radius 3 is 2.33 bits per heavy atom. The topological polar surface area (TPSA) is 12.0 Å². The number of hydrogen-bond acceptors (Lipinski definition) is 2. The molecular formula is C16H25NS. The van der Waals surface area contributed by atoms with Gasteiger partial charge in [-0.2, -0.15) is 0 Å². The molecule has 0 atom stereocenters. The molecule has 0 heterocycles. The number of rotatable bonds is 5. The fourth-order valence-electron chi connectivity index (χ4n) is 2.74. The van der Waals surface area contributed by atoms with Crippen LogP contribution in [0.2, 0.25) is 0 Å². The maximum absolute atomic E-state index is 3.19. The fraction of sp³-hybridized carbons (Fsp3) is 0.625. The van der Waals surface area contributed by atoms with Crippen molar-refractivity contribution in [1.29, 1.82) is 0 Å². The van der Waals surface area contributed by atoms with Crippen molar-refractivity contribution in [3.8, 4) is 0 Å². The van der Waals surface area contributed by atoms with Crippen molar-refractivity contribution in [2.75, 3.05) is 7.05 Å². The Balaban J connectivity index is 1.82. The molecule has 18 heavy (non-hydrogen) atoms. The molecule has 0 aliphatic heterocycles. The Hall–Kier alpha value is -0.470. The molecule has 1 fully saturated rings. The van der Waals surface area contributed by atoms with Gasteiger partial charge in [0.1, 0.15) is 0 Å². The van der Waals surface area contributed by atoms with E-state index in [-0.39, 0.29) is 0 Å². The van der Waals surface area contributed by atoms with Crippen LogP contribution in [0, 0.1) is 5.92 Å². The van der Waals surface area contributed by atoms with Gasteiger partial charge in [0.05, 0.1) is 0 Å². The summed E-state index contributed by atoms with van der Waals surface area (Å²) in [5.74, 6) is 1.000. The molecule has 0 spiro atoms. The molecule has 100 valence electrons. The van der Waals surface area contributed by atoms with Gasteiger partial charge in [-0.25, -0.2) is 0 Å². The van der Waals surface area contributed by atoms with Gasteiger partial charge in [-0.15, -0.1) is 11.8 Å². The van der Waals surface area contributed by atoms with E-state index in [2.05, 4.69) is 48.3 Å². The van der Waals surface area contributed by atoms with Crippen LogP contribution in [0.5, 0.6) is 0 Å².